The molecule has 2 N–H and O–H groups in total. The highest BCUT2D eigenvalue weighted by atomic mass is 16.6. The van der Waals surface area contributed by atoms with Gasteiger partial charge in [-0.1, -0.05) is 18.2 Å². The zero-order chi connectivity index (χ0) is 17.6. The fraction of sp³-hybridized carbons (Fsp3) is 0.316. The minimum Gasteiger partial charge on any atom is -0.497 e. The average molecular weight is 328 g/mol. The molecule has 0 spiro atoms. The van der Waals surface area contributed by atoms with Crippen LogP contribution in [0.25, 0.3) is 0 Å². The fourth-order valence-corrected chi connectivity index (χ4v) is 2.08. The maximum atomic E-state index is 11.8. The number of methoxy groups -OCH3 is 1. The van der Waals surface area contributed by atoms with Crippen molar-refractivity contribution >= 4 is 17.5 Å². The van der Waals surface area contributed by atoms with E-state index in [1.807, 2.05) is 69.3 Å². The lowest BCUT2D eigenvalue weighted by Gasteiger charge is -2.19. The third kappa shape index (κ3) is 5.83. The summed E-state index contributed by atoms with van der Waals surface area (Å²) in [5.74, 6) is 0.835. The van der Waals surface area contributed by atoms with E-state index in [-0.39, 0.29) is 0 Å². The van der Waals surface area contributed by atoms with Crippen LogP contribution < -0.4 is 15.4 Å². The Balaban J connectivity index is 1.93. The number of nitrogens with one attached hydrogen (secondary N) is 2. The molecule has 5 nitrogen and oxygen atoms in total. The summed E-state index contributed by atoms with van der Waals surface area (Å²) in [6.45, 7) is 6.18. The molecule has 24 heavy (non-hydrogen) atoms. The van der Waals surface area contributed by atoms with E-state index in [1.165, 1.54) is 0 Å². The predicted molar refractivity (Wildman–Crippen MR) is 96.6 cm³/mol. The summed E-state index contributed by atoms with van der Waals surface area (Å²) in [5.41, 5.74) is 2.22. The second-order valence-electron chi connectivity index (χ2n) is 6.41. The van der Waals surface area contributed by atoms with Crippen molar-refractivity contribution in [2.45, 2.75) is 32.9 Å². The highest BCUT2D eigenvalue weighted by Gasteiger charge is 2.16. The van der Waals surface area contributed by atoms with Crippen LogP contribution in [0.1, 0.15) is 26.3 Å². The first-order valence-electron chi connectivity index (χ1n) is 7.82. The molecule has 128 valence electrons. The topological polar surface area (TPSA) is 59.6 Å². The molecule has 0 aliphatic heterocycles. The van der Waals surface area contributed by atoms with Gasteiger partial charge < -0.3 is 14.8 Å². The summed E-state index contributed by atoms with van der Waals surface area (Å²) < 4.78 is 10.4. The van der Waals surface area contributed by atoms with Crippen molar-refractivity contribution < 1.29 is 14.3 Å². The van der Waals surface area contributed by atoms with Crippen molar-refractivity contribution in [2.24, 2.45) is 0 Å². The third-order valence-electron chi connectivity index (χ3n) is 3.16. The van der Waals surface area contributed by atoms with Gasteiger partial charge in [0.05, 0.1) is 7.11 Å². The fourth-order valence-electron chi connectivity index (χ4n) is 2.08. The lowest BCUT2D eigenvalue weighted by Crippen LogP contribution is -2.27. The molecule has 0 aromatic heterocycles. The van der Waals surface area contributed by atoms with Crippen LogP contribution in [-0.2, 0) is 11.3 Å². The molecule has 0 saturated carbocycles. The van der Waals surface area contributed by atoms with E-state index in [2.05, 4.69) is 10.6 Å². The molecule has 1 amide bonds. The van der Waals surface area contributed by atoms with E-state index >= 15 is 0 Å². The second-order valence-corrected chi connectivity index (χ2v) is 6.41. The number of hydrogen-bond donors (Lipinski definition) is 2. The van der Waals surface area contributed by atoms with Crippen molar-refractivity contribution in [3.63, 3.8) is 0 Å². The van der Waals surface area contributed by atoms with Crippen molar-refractivity contribution in [1.82, 2.24) is 0 Å². The van der Waals surface area contributed by atoms with Crippen LogP contribution in [0.3, 0.4) is 0 Å². The van der Waals surface area contributed by atoms with Crippen molar-refractivity contribution in [2.75, 3.05) is 17.7 Å². The SMILES string of the molecule is COc1ccc(CNc2cccc(NC(=O)OC(C)(C)C)c2)cc1. The molecule has 2 rings (SSSR count). The molecule has 2 aromatic rings. The molecule has 0 radical (unpaired) electrons. The Labute approximate surface area is 143 Å². The van der Waals surface area contributed by atoms with Crippen molar-refractivity contribution in [3.8, 4) is 5.75 Å². The first kappa shape index (κ1) is 17.7. The van der Waals surface area contributed by atoms with E-state index in [0.717, 1.165) is 17.0 Å². The molecule has 0 unspecified atom stereocenters. The Kier molecular flexibility index (Phi) is 5.68. The number of hydrogen-bond acceptors (Lipinski definition) is 4. The summed E-state index contributed by atoms with van der Waals surface area (Å²) in [6.07, 6.45) is -0.463. The van der Waals surface area contributed by atoms with Crippen LogP contribution in [0.5, 0.6) is 5.75 Å². The third-order valence-corrected chi connectivity index (χ3v) is 3.16. The molecule has 0 aliphatic rings. The van der Waals surface area contributed by atoms with Gasteiger partial charge in [0, 0.05) is 17.9 Å². The minimum atomic E-state index is -0.520. The number of carbonyl (C=O) groups is 1. The minimum absolute atomic E-state index is 0.463. The van der Waals surface area contributed by atoms with Gasteiger partial charge in [-0.3, -0.25) is 5.32 Å². The van der Waals surface area contributed by atoms with Gasteiger partial charge in [-0.2, -0.15) is 0 Å². The van der Waals surface area contributed by atoms with Crippen LogP contribution in [0, 0.1) is 0 Å². The van der Waals surface area contributed by atoms with Gasteiger partial charge in [-0.25, -0.2) is 4.79 Å². The lowest BCUT2D eigenvalue weighted by atomic mass is 10.2. The monoisotopic (exact) mass is 328 g/mol. The number of amides is 1. The number of ether oxygens (including phenoxy) is 2. The van der Waals surface area contributed by atoms with Gasteiger partial charge in [0.15, 0.2) is 0 Å². The summed E-state index contributed by atoms with van der Waals surface area (Å²) in [7, 11) is 1.65. The first-order valence-corrected chi connectivity index (χ1v) is 7.82. The smallest absolute Gasteiger partial charge is 0.412 e. The van der Waals surface area contributed by atoms with Crippen LogP contribution in [0.2, 0.25) is 0 Å². The summed E-state index contributed by atoms with van der Waals surface area (Å²) in [5, 5.41) is 6.06. The van der Waals surface area contributed by atoms with Gasteiger partial charge in [0.1, 0.15) is 11.4 Å². The van der Waals surface area contributed by atoms with Crippen LogP contribution in [0.15, 0.2) is 48.5 Å². The molecule has 0 atom stereocenters. The lowest BCUT2D eigenvalue weighted by molar-refractivity contribution is 0.0636. The van der Waals surface area contributed by atoms with E-state index in [0.29, 0.717) is 12.2 Å². The average Bonchev–Trinajstić information content (AvgIpc) is 2.52. The van der Waals surface area contributed by atoms with Gasteiger partial charge in [-0.15, -0.1) is 0 Å². The molecule has 0 heterocycles. The Hall–Kier alpha value is -2.69. The summed E-state index contributed by atoms with van der Waals surface area (Å²) >= 11 is 0. The first-order chi connectivity index (χ1) is 11.4. The molecule has 0 saturated heterocycles. The summed E-state index contributed by atoms with van der Waals surface area (Å²) in [6, 6.07) is 15.4. The molecule has 5 heteroatoms. The number of anilines is 2. The largest absolute Gasteiger partial charge is 0.497 e. The van der Waals surface area contributed by atoms with Crippen LogP contribution in [0.4, 0.5) is 16.2 Å². The van der Waals surface area contributed by atoms with Gasteiger partial charge in [0.25, 0.3) is 0 Å². The van der Waals surface area contributed by atoms with Gasteiger partial charge in [-0.05, 0) is 56.7 Å². The predicted octanol–water partition coefficient (Wildman–Crippen LogP) is 4.65. The van der Waals surface area contributed by atoms with Crippen molar-refractivity contribution in [3.05, 3.63) is 54.1 Å². The van der Waals surface area contributed by atoms with E-state index in [9.17, 15) is 4.79 Å². The molecule has 0 aliphatic carbocycles. The maximum Gasteiger partial charge on any atom is 0.412 e. The Morgan fingerprint density at radius 2 is 1.71 bits per heavy atom. The number of rotatable bonds is 5. The Bertz CT molecular complexity index is 676. The number of carbonyl (C=O) groups excluding carboxylic acids is 1. The molecular weight excluding hydrogens is 304 g/mol. The Morgan fingerprint density at radius 1 is 1.04 bits per heavy atom. The molecule has 0 bridgehead atoms. The van der Waals surface area contributed by atoms with Crippen LogP contribution >= 0.6 is 0 Å². The highest BCUT2D eigenvalue weighted by Crippen LogP contribution is 2.18. The van der Waals surface area contributed by atoms with Gasteiger partial charge >= 0.3 is 6.09 Å². The van der Waals surface area contributed by atoms with E-state index in [1.54, 1.807) is 7.11 Å². The standard InChI is InChI=1S/C19H24N2O3/c1-19(2,3)24-18(22)21-16-7-5-6-15(12-16)20-13-14-8-10-17(23-4)11-9-14/h5-12,20H,13H2,1-4H3,(H,21,22). The van der Waals surface area contributed by atoms with E-state index in [4.69, 9.17) is 9.47 Å². The zero-order valence-electron chi connectivity index (χ0n) is 14.6. The van der Waals surface area contributed by atoms with E-state index < -0.39 is 11.7 Å². The normalized spacial score (nSPS) is 10.8. The van der Waals surface area contributed by atoms with Crippen molar-refractivity contribution in [1.29, 1.82) is 0 Å². The Morgan fingerprint density at radius 3 is 2.33 bits per heavy atom. The second kappa shape index (κ2) is 7.73. The molecule has 2 aromatic carbocycles. The maximum absolute atomic E-state index is 11.8. The van der Waals surface area contributed by atoms with Gasteiger partial charge in [0.2, 0.25) is 0 Å². The molecule has 0 fully saturated rings. The zero-order valence-corrected chi connectivity index (χ0v) is 14.6. The molecular formula is C19H24N2O3. The highest BCUT2D eigenvalue weighted by molar-refractivity contribution is 5.85. The van der Waals surface area contributed by atoms with Crippen LogP contribution in [-0.4, -0.2) is 18.8 Å². The summed E-state index contributed by atoms with van der Waals surface area (Å²) in [4.78, 5) is 11.8. The quantitative estimate of drug-likeness (QED) is 0.838. The number of benzene rings is 2.